The molecule has 3 aliphatic rings. The van der Waals surface area contributed by atoms with Crippen LogP contribution >= 0.6 is 35.7 Å². The Morgan fingerprint density at radius 3 is 2.68 bits per heavy atom. The first-order valence-electron chi connectivity index (χ1n) is 8.48. The second kappa shape index (κ2) is 7.92. The predicted octanol–water partition coefficient (Wildman–Crippen LogP) is 2.70. The Hall–Kier alpha value is 0.310. The van der Waals surface area contributed by atoms with Gasteiger partial charge in [-0.3, -0.25) is 4.99 Å². The van der Waals surface area contributed by atoms with E-state index in [9.17, 15) is 5.11 Å². The molecule has 22 heavy (non-hydrogen) atoms. The molecule has 2 heterocycles. The number of hydrogen-bond donors (Lipinski definition) is 2. The summed E-state index contributed by atoms with van der Waals surface area (Å²) in [5, 5.41) is 13.9. The fourth-order valence-corrected chi connectivity index (χ4v) is 5.30. The Morgan fingerprint density at radius 1 is 1.27 bits per heavy atom. The molecule has 1 unspecified atom stereocenters. The van der Waals surface area contributed by atoms with Gasteiger partial charge in [0.05, 0.1) is 12.1 Å². The van der Waals surface area contributed by atoms with Crippen LogP contribution in [0.15, 0.2) is 4.99 Å². The molecule has 2 N–H and O–H groups in total. The highest BCUT2D eigenvalue weighted by atomic mass is 127. The Kier molecular flexibility index (Phi) is 6.71. The van der Waals surface area contributed by atoms with E-state index in [-0.39, 0.29) is 24.0 Å². The van der Waals surface area contributed by atoms with E-state index in [0.29, 0.717) is 12.0 Å². The maximum atomic E-state index is 10.5. The number of nitrogens with one attached hydrogen (secondary N) is 1. The molecule has 1 saturated carbocycles. The van der Waals surface area contributed by atoms with Crippen LogP contribution in [0.3, 0.4) is 0 Å². The number of aliphatic hydroxyl groups is 1. The molecule has 3 fully saturated rings. The topological polar surface area (TPSA) is 47.9 Å². The quantitative estimate of drug-likeness (QED) is 0.404. The summed E-state index contributed by atoms with van der Waals surface area (Å²) in [6, 6.07) is 0. The molecule has 1 atom stereocenters. The average molecular weight is 439 g/mol. The summed E-state index contributed by atoms with van der Waals surface area (Å²) in [7, 11) is 0. The van der Waals surface area contributed by atoms with Crippen molar-refractivity contribution in [3.05, 3.63) is 0 Å². The Labute approximate surface area is 155 Å². The minimum atomic E-state index is -0.573. The third-order valence-electron chi connectivity index (χ3n) is 5.34. The number of nitrogens with zero attached hydrogens (tertiary/aromatic N) is 2. The molecule has 4 nitrogen and oxygen atoms in total. The largest absolute Gasteiger partial charge is 0.387 e. The van der Waals surface area contributed by atoms with Crippen LogP contribution in [0.1, 0.15) is 45.4 Å². The van der Waals surface area contributed by atoms with Gasteiger partial charge in [0, 0.05) is 25.4 Å². The number of thioether (sulfide) groups is 1. The van der Waals surface area contributed by atoms with Gasteiger partial charge in [0.2, 0.25) is 0 Å². The minimum Gasteiger partial charge on any atom is -0.387 e. The fraction of sp³-hybridized carbons (Fsp3) is 0.938. The molecular weight excluding hydrogens is 409 g/mol. The van der Waals surface area contributed by atoms with E-state index in [0.717, 1.165) is 43.5 Å². The average Bonchev–Trinajstić information content (AvgIpc) is 3.19. The number of aliphatic imine (C=N–C) groups is 1. The van der Waals surface area contributed by atoms with Crippen molar-refractivity contribution in [3.63, 3.8) is 0 Å². The number of likely N-dealkylation sites (tertiary alicyclic amines) is 1. The summed E-state index contributed by atoms with van der Waals surface area (Å²) in [5.74, 6) is 2.92. The zero-order chi connectivity index (χ0) is 14.8. The van der Waals surface area contributed by atoms with E-state index in [1.807, 2.05) is 11.8 Å². The van der Waals surface area contributed by atoms with Crippen molar-refractivity contribution in [1.29, 1.82) is 0 Å². The molecule has 3 rings (SSSR count). The Bertz CT molecular complexity index is 393. The number of halogens is 1. The van der Waals surface area contributed by atoms with Crippen molar-refractivity contribution in [2.75, 3.05) is 37.7 Å². The summed E-state index contributed by atoms with van der Waals surface area (Å²) in [5.41, 5.74) is -0.00753. The highest BCUT2D eigenvalue weighted by molar-refractivity contribution is 14.0. The van der Waals surface area contributed by atoms with Gasteiger partial charge in [-0.25, -0.2) is 0 Å². The third-order valence-corrected chi connectivity index (χ3v) is 6.58. The van der Waals surface area contributed by atoms with Gasteiger partial charge in [-0.1, -0.05) is 12.8 Å². The smallest absolute Gasteiger partial charge is 0.194 e. The van der Waals surface area contributed by atoms with E-state index >= 15 is 0 Å². The summed E-state index contributed by atoms with van der Waals surface area (Å²) >= 11 is 1.84. The van der Waals surface area contributed by atoms with Crippen LogP contribution in [0.4, 0.5) is 0 Å². The second-order valence-corrected chi connectivity index (χ2v) is 8.18. The van der Waals surface area contributed by atoms with Crippen molar-refractivity contribution < 1.29 is 5.11 Å². The lowest BCUT2D eigenvalue weighted by Gasteiger charge is -2.27. The number of rotatable bonds is 3. The first kappa shape index (κ1) is 18.6. The van der Waals surface area contributed by atoms with Crippen LogP contribution in [0.2, 0.25) is 0 Å². The molecule has 2 aliphatic heterocycles. The van der Waals surface area contributed by atoms with E-state index in [4.69, 9.17) is 4.99 Å². The molecule has 0 aromatic carbocycles. The van der Waals surface area contributed by atoms with E-state index in [2.05, 4.69) is 17.1 Å². The molecular formula is C16H30IN3OS. The van der Waals surface area contributed by atoms with Gasteiger partial charge in [-0.05, 0) is 43.8 Å². The van der Waals surface area contributed by atoms with Gasteiger partial charge in [0.15, 0.2) is 5.96 Å². The molecule has 128 valence electrons. The molecule has 1 spiro atoms. The van der Waals surface area contributed by atoms with Crippen LogP contribution < -0.4 is 5.32 Å². The zero-order valence-corrected chi connectivity index (χ0v) is 16.8. The SMILES string of the molecule is CCNC(=NCC1(O)CCSC1)N1CCC2(CCCC2)C1.I. The van der Waals surface area contributed by atoms with Crippen molar-refractivity contribution >= 4 is 41.7 Å². The van der Waals surface area contributed by atoms with Gasteiger partial charge < -0.3 is 15.3 Å². The van der Waals surface area contributed by atoms with Crippen molar-refractivity contribution in [1.82, 2.24) is 10.2 Å². The van der Waals surface area contributed by atoms with Gasteiger partial charge in [-0.2, -0.15) is 11.8 Å². The number of hydrogen-bond acceptors (Lipinski definition) is 3. The van der Waals surface area contributed by atoms with Crippen LogP contribution in [0, 0.1) is 5.41 Å². The minimum absolute atomic E-state index is 0. The maximum absolute atomic E-state index is 10.5. The van der Waals surface area contributed by atoms with Crippen molar-refractivity contribution in [2.45, 2.75) is 51.0 Å². The maximum Gasteiger partial charge on any atom is 0.194 e. The van der Waals surface area contributed by atoms with Crippen LogP contribution in [0.5, 0.6) is 0 Å². The second-order valence-electron chi connectivity index (χ2n) is 7.08. The normalized spacial score (nSPS) is 30.8. The molecule has 2 saturated heterocycles. The lowest BCUT2D eigenvalue weighted by molar-refractivity contribution is 0.0776. The molecule has 0 aromatic heterocycles. The number of guanidine groups is 1. The summed E-state index contributed by atoms with van der Waals surface area (Å²) in [6.45, 7) is 5.85. The van der Waals surface area contributed by atoms with E-state index in [1.165, 1.54) is 32.1 Å². The molecule has 6 heteroatoms. The van der Waals surface area contributed by atoms with Crippen LogP contribution in [-0.4, -0.2) is 59.3 Å². The van der Waals surface area contributed by atoms with Crippen molar-refractivity contribution in [3.8, 4) is 0 Å². The molecule has 1 aliphatic carbocycles. The molecule has 0 amide bonds. The lowest BCUT2D eigenvalue weighted by atomic mass is 9.86. The van der Waals surface area contributed by atoms with E-state index < -0.39 is 5.60 Å². The first-order chi connectivity index (χ1) is 10.1. The summed E-state index contributed by atoms with van der Waals surface area (Å²) in [4.78, 5) is 7.20. The lowest BCUT2D eigenvalue weighted by Crippen LogP contribution is -2.42. The van der Waals surface area contributed by atoms with Gasteiger partial charge in [0.25, 0.3) is 0 Å². The van der Waals surface area contributed by atoms with Gasteiger partial charge >= 0.3 is 0 Å². The first-order valence-corrected chi connectivity index (χ1v) is 9.64. The Morgan fingerprint density at radius 2 is 2.05 bits per heavy atom. The monoisotopic (exact) mass is 439 g/mol. The van der Waals surface area contributed by atoms with Gasteiger partial charge in [0.1, 0.15) is 0 Å². The highest BCUT2D eigenvalue weighted by Gasteiger charge is 2.41. The van der Waals surface area contributed by atoms with Crippen LogP contribution in [-0.2, 0) is 0 Å². The molecule has 0 radical (unpaired) electrons. The summed E-state index contributed by atoms with van der Waals surface area (Å²) in [6.07, 6.45) is 7.78. The fourth-order valence-electron chi connectivity index (χ4n) is 4.02. The zero-order valence-electron chi connectivity index (χ0n) is 13.6. The standard InChI is InChI=1S/C16H29N3OS.HI/c1-2-17-14(18-11-16(20)8-10-21-13-16)19-9-7-15(12-19)5-3-4-6-15;/h20H,2-13H2,1H3,(H,17,18);1H. The van der Waals surface area contributed by atoms with Gasteiger partial charge in [-0.15, -0.1) is 24.0 Å². The third kappa shape index (κ3) is 4.23. The van der Waals surface area contributed by atoms with Crippen molar-refractivity contribution in [2.24, 2.45) is 10.4 Å². The molecule has 0 bridgehead atoms. The highest BCUT2D eigenvalue weighted by Crippen LogP contribution is 2.45. The van der Waals surface area contributed by atoms with Crippen LogP contribution in [0.25, 0.3) is 0 Å². The van der Waals surface area contributed by atoms with E-state index in [1.54, 1.807) is 0 Å². The summed E-state index contributed by atoms with van der Waals surface area (Å²) < 4.78 is 0. The molecule has 0 aromatic rings. The Balaban J connectivity index is 0.00000176. The predicted molar refractivity (Wildman–Crippen MR) is 105 cm³/mol.